The first-order valence-electron chi connectivity index (χ1n) is 3.48. The van der Waals surface area contributed by atoms with E-state index in [4.69, 9.17) is 11.6 Å². The zero-order chi connectivity index (χ0) is 8.55. The average molecular weight is 246 g/mol. The van der Waals surface area contributed by atoms with Gasteiger partial charge in [0.15, 0.2) is 0 Å². The molecule has 0 aliphatic rings. The smallest absolute Gasteiger partial charge is 0.0695 e. The van der Waals surface area contributed by atoms with Crippen molar-refractivity contribution in [1.82, 2.24) is 10.2 Å². The molecule has 1 N–H and O–H groups in total. The van der Waals surface area contributed by atoms with E-state index < -0.39 is 0 Å². The normalized spacial score (nSPS) is 10.8. The van der Waals surface area contributed by atoms with E-state index in [1.807, 2.05) is 12.1 Å². The zero-order valence-corrected chi connectivity index (χ0v) is 8.48. The number of fused-ring (bicyclic) bond motifs is 1. The molecule has 0 aliphatic carbocycles. The molecular formula is C8H6BrClN2. The summed E-state index contributed by atoms with van der Waals surface area (Å²) in [5.74, 6) is 0.498. The molecule has 62 valence electrons. The first kappa shape index (κ1) is 8.08. The molecule has 1 aromatic heterocycles. The van der Waals surface area contributed by atoms with Gasteiger partial charge in [0.2, 0.25) is 0 Å². The summed E-state index contributed by atoms with van der Waals surface area (Å²) in [6, 6.07) is 4.00. The third kappa shape index (κ3) is 1.23. The Morgan fingerprint density at radius 1 is 1.50 bits per heavy atom. The number of hydrogen-bond acceptors (Lipinski definition) is 1. The first-order valence-corrected chi connectivity index (χ1v) is 4.81. The Kier molecular flexibility index (Phi) is 2.07. The van der Waals surface area contributed by atoms with Crippen LogP contribution in [0.4, 0.5) is 0 Å². The minimum Gasteiger partial charge on any atom is -0.278 e. The summed E-state index contributed by atoms with van der Waals surface area (Å²) in [7, 11) is 0. The summed E-state index contributed by atoms with van der Waals surface area (Å²) in [4.78, 5) is 0. The lowest BCUT2D eigenvalue weighted by Gasteiger charge is -1.98. The maximum absolute atomic E-state index is 5.77. The fourth-order valence-electron chi connectivity index (χ4n) is 1.20. The molecule has 2 nitrogen and oxygen atoms in total. The van der Waals surface area contributed by atoms with E-state index in [0.29, 0.717) is 5.88 Å². The molecule has 0 atom stereocenters. The lowest BCUT2D eigenvalue weighted by Crippen LogP contribution is -1.81. The molecule has 0 saturated carbocycles. The van der Waals surface area contributed by atoms with E-state index in [2.05, 4.69) is 26.1 Å². The number of aromatic amines is 1. The van der Waals surface area contributed by atoms with Crippen LogP contribution in [0.15, 0.2) is 22.8 Å². The van der Waals surface area contributed by atoms with Gasteiger partial charge in [0.25, 0.3) is 0 Å². The van der Waals surface area contributed by atoms with Gasteiger partial charge in [-0.3, -0.25) is 5.10 Å². The van der Waals surface area contributed by atoms with Crippen molar-refractivity contribution in [3.8, 4) is 0 Å². The Morgan fingerprint density at radius 2 is 2.33 bits per heavy atom. The number of aromatic nitrogens is 2. The minimum absolute atomic E-state index is 0.498. The average Bonchev–Trinajstić information content (AvgIpc) is 2.50. The van der Waals surface area contributed by atoms with Crippen LogP contribution < -0.4 is 0 Å². The maximum atomic E-state index is 5.77. The second-order valence-electron chi connectivity index (χ2n) is 2.53. The zero-order valence-electron chi connectivity index (χ0n) is 6.14. The monoisotopic (exact) mass is 244 g/mol. The highest BCUT2D eigenvalue weighted by molar-refractivity contribution is 9.10. The van der Waals surface area contributed by atoms with Crippen LogP contribution in [-0.4, -0.2) is 10.2 Å². The predicted octanol–water partition coefficient (Wildman–Crippen LogP) is 3.06. The fourth-order valence-corrected chi connectivity index (χ4v) is 1.93. The van der Waals surface area contributed by atoms with Crippen molar-refractivity contribution >= 4 is 38.4 Å². The molecule has 0 unspecified atom stereocenters. The molecule has 4 heteroatoms. The molecule has 0 bridgehead atoms. The van der Waals surface area contributed by atoms with Crippen molar-refractivity contribution in [3.05, 3.63) is 28.4 Å². The Labute approximate surface area is 83.0 Å². The van der Waals surface area contributed by atoms with Gasteiger partial charge in [-0.2, -0.15) is 5.10 Å². The van der Waals surface area contributed by atoms with Crippen LogP contribution in [0.2, 0.25) is 0 Å². The predicted molar refractivity (Wildman–Crippen MR) is 53.4 cm³/mol. The number of alkyl halides is 1. The molecule has 0 radical (unpaired) electrons. The van der Waals surface area contributed by atoms with Gasteiger partial charge in [-0.1, -0.05) is 15.9 Å². The number of benzene rings is 1. The largest absolute Gasteiger partial charge is 0.278 e. The summed E-state index contributed by atoms with van der Waals surface area (Å²) in [5, 5.41) is 7.94. The molecule has 0 fully saturated rings. The lowest BCUT2D eigenvalue weighted by molar-refractivity contribution is 1.11. The van der Waals surface area contributed by atoms with Crippen LogP contribution in [0.1, 0.15) is 5.56 Å². The molecule has 2 rings (SSSR count). The molecule has 1 aromatic carbocycles. The van der Waals surface area contributed by atoms with Gasteiger partial charge < -0.3 is 0 Å². The number of nitrogens with one attached hydrogen (secondary N) is 1. The van der Waals surface area contributed by atoms with Crippen LogP contribution in [0.3, 0.4) is 0 Å². The molecule has 12 heavy (non-hydrogen) atoms. The SMILES string of the molecule is ClCc1cc(Br)cc2cn[nH]c12. The highest BCUT2D eigenvalue weighted by Gasteiger charge is 2.02. The Morgan fingerprint density at radius 3 is 3.08 bits per heavy atom. The highest BCUT2D eigenvalue weighted by atomic mass is 79.9. The number of hydrogen-bond donors (Lipinski definition) is 1. The van der Waals surface area contributed by atoms with Crippen molar-refractivity contribution in [2.75, 3.05) is 0 Å². The van der Waals surface area contributed by atoms with Gasteiger partial charge in [-0.25, -0.2) is 0 Å². The van der Waals surface area contributed by atoms with Crippen LogP contribution in [0, 0.1) is 0 Å². The lowest BCUT2D eigenvalue weighted by atomic mass is 10.2. The number of halogens is 2. The molecular weight excluding hydrogens is 239 g/mol. The molecule has 0 amide bonds. The standard InChI is InChI=1S/C8H6BrClN2/c9-7-1-5(3-10)8-6(2-7)4-11-12-8/h1-2,4H,3H2,(H,11,12). The third-order valence-electron chi connectivity index (χ3n) is 1.74. The van der Waals surface area contributed by atoms with Crippen molar-refractivity contribution < 1.29 is 0 Å². The van der Waals surface area contributed by atoms with E-state index >= 15 is 0 Å². The van der Waals surface area contributed by atoms with Gasteiger partial charge in [-0.15, -0.1) is 11.6 Å². The van der Waals surface area contributed by atoms with Crippen LogP contribution in [0.25, 0.3) is 10.9 Å². The fraction of sp³-hybridized carbons (Fsp3) is 0.125. The summed E-state index contributed by atoms with van der Waals surface area (Å²) in [5.41, 5.74) is 2.09. The molecule has 0 spiro atoms. The van der Waals surface area contributed by atoms with E-state index in [1.54, 1.807) is 6.20 Å². The van der Waals surface area contributed by atoms with Crippen molar-refractivity contribution in [2.24, 2.45) is 0 Å². The van der Waals surface area contributed by atoms with Crippen molar-refractivity contribution in [1.29, 1.82) is 0 Å². The second kappa shape index (κ2) is 3.07. The van der Waals surface area contributed by atoms with Gasteiger partial charge >= 0.3 is 0 Å². The van der Waals surface area contributed by atoms with Crippen LogP contribution in [0.5, 0.6) is 0 Å². The van der Waals surface area contributed by atoms with Gasteiger partial charge in [0, 0.05) is 15.7 Å². The Bertz CT molecular complexity index is 410. The minimum atomic E-state index is 0.498. The van der Waals surface area contributed by atoms with Crippen LogP contribution >= 0.6 is 27.5 Å². The number of rotatable bonds is 1. The highest BCUT2D eigenvalue weighted by Crippen LogP contribution is 2.23. The summed E-state index contributed by atoms with van der Waals surface area (Å²) in [6.45, 7) is 0. The van der Waals surface area contributed by atoms with E-state index in [9.17, 15) is 0 Å². The summed E-state index contributed by atoms with van der Waals surface area (Å²) < 4.78 is 1.03. The summed E-state index contributed by atoms with van der Waals surface area (Å²) >= 11 is 9.17. The quantitative estimate of drug-likeness (QED) is 0.769. The molecule has 0 saturated heterocycles. The second-order valence-corrected chi connectivity index (χ2v) is 3.72. The van der Waals surface area contributed by atoms with E-state index in [-0.39, 0.29) is 0 Å². The maximum Gasteiger partial charge on any atom is 0.0695 e. The number of H-pyrrole nitrogens is 1. The molecule has 0 aliphatic heterocycles. The third-order valence-corrected chi connectivity index (χ3v) is 2.49. The first-order chi connectivity index (χ1) is 5.81. The van der Waals surface area contributed by atoms with Gasteiger partial charge in [-0.05, 0) is 17.7 Å². The van der Waals surface area contributed by atoms with Gasteiger partial charge in [0.1, 0.15) is 0 Å². The van der Waals surface area contributed by atoms with Gasteiger partial charge in [0.05, 0.1) is 11.7 Å². The molecule has 2 aromatic rings. The Balaban J connectivity index is 2.80. The topological polar surface area (TPSA) is 28.7 Å². The van der Waals surface area contributed by atoms with Crippen molar-refractivity contribution in [3.63, 3.8) is 0 Å². The van der Waals surface area contributed by atoms with Crippen LogP contribution in [-0.2, 0) is 5.88 Å². The van der Waals surface area contributed by atoms with E-state index in [0.717, 1.165) is 20.9 Å². The Hall–Kier alpha value is -0.540. The summed E-state index contributed by atoms with van der Waals surface area (Å²) in [6.07, 6.45) is 1.79. The molecule has 1 heterocycles. The van der Waals surface area contributed by atoms with E-state index in [1.165, 1.54) is 0 Å². The van der Waals surface area contributed by atoms with Crippen molar-refractivity contribution in [2.45, 2.75) is 5.88 Å². The number of nitrogens with zero attached hydrogens (tertiary/aromatic N) is 1.